The molecule has 1 aromatic carbocycles. The van der Waals surface area contributed by atoms with Crippen LogP contribution in [0.15, 0.2) is 33.5 Å². The fourth-order valence-corrected chi connectivity index (χ4v) is 1.43. The summed E-state index contributed by atoms with van der Waals surface area (Å²) in [4.78, 5) is 21.0. The van der Waals surface area contributed by atoms with E-state index in [-0.39, 0.29) is 11.3 Å². The van der Waals surface area contributed by atoms with E-state index in [4.69, 9.17) is 4.42 Å². The highest BCUT2D eigenvalue weighted by Gasteiger charge is 2.09. The molecule has 0 saturated heterocycles. The Morgan fingerprint density at radius 2 is 2.07 bits per heavy atom. The van der Waals surface area contributed by atoms with E-state index in [2.05, 4.69) is 0 Å². The van der Waals surface area contributed by atoms with Gasteiger partial charge in [0.1, 0.15) is 5.58 Å². The molecule has 0 unspecified atom stereocenters. The van der Waals surface area contributed by atoms with Gasteiger partial charge >= 0.3 is 5.63 Å². The number of aryl methyl sites for hydroxylation is 1. The summed E-state index contributed by atoms with van der Waals surface area (Å²) in [6.45, 7) is 1.76. The second-order valence-electron chi connectivity index (χ2n) is 3.19. The number of rotatable bonds is 1. The lowest BCUT2D eigenvalue weighted by atomic mass is 10.1. The Hall–Kier alpha value is -2.17. The number of hydrogen-bond acceptors (Lipinski definition) is 4. The predicted molar refractivity (Wildman–Crippen MR) is 53.9 cm³/mol. The quantitative estimate of drug-likeness (QED) is 0.405. The van der Waals surface area contributed by atoms with Gasteiger partial charge in [-0.15, -0.1) is 0 Å². The van der Waals surface area contributed by atoms with Gasteiger partial charge in [0.2, 0.25) is 0 Å². The maximum absolute atomic E-state index is 11.0. The Balaban J connectivity index is 2.82. The molecule has 0 amide bonds. The van der Waals surface area contributed by atoms with E-state index in [1.54, 1.807) is 13.0 Å². The first-order valence-electron chi connectivity index (χ1n) is 4.27. The van der Waals surface area contributed by atoms with Crippen molar-refractivity contribution in [2.45, 2.75) is 6.92 Å². The first kappa shape index (κ1) is 9.39. The Kier molecular flexibility index (Phi) is 2.00. The molecule has 0 spiro atoms. The third-order valence-electron chi connectivity index (χ3n) is 2.15. The zero-order chi connectivity index (χ0) is 11.0. The maximum Gasteiger partial charge on any atom is 0.336 e. The molecule has 76 valence electrons. The van der Waals surface area contributed by atoms with E-state index in [1.807, 2.05) is 0 Å². The lowest BCUT2D eigenvalue weighted by Gasteiger charge is -1.99. The summed E-state index contributed by atoms with van der Waals surface area (Å²) in [5.41, 5.74) is 0.405. The molecule has 0 bridgehead atoms. The van der Waals surface area contributed by atoms with Crippen LogP contribution in [0.3, 0.4) is 0 Å². The zero-order valence-electron chi connectivity index (χ0n) is 7.89. The Labute approximate surface area is 84.1 Å². The molecule has 0 aliphatic rings. The molecular formula is C10H7NO4. The summed E-state index contributed by atoms with van der Waals surface area (Å²) in [7, 11) is 0. The number of nitrogens with zero attached hydrogens (tertiary/aromatic N) is 1. The fraction of sp³-hybridized carbons (Fsp3) is 0.100. The number of benzene rings is 1. The molecule has 1 heterocycles. The third kappa shape index (κ3) is 1.59. The van der Waals surface area contributed by atoms with Gasteiger partial charge in [-0.2, -0.15) is 0 Å². The number of fused-ring (bicyclic) bond motifs is 1. The maximum atomic E-state index is 11.0. The van der Waals surface area contributed by atoms with Gasteiger partial charge < -0.3 is 4.42 Å². The monoisotopic (exact) mass is 205 g/mol. The fourth-order valence-electron chi connectivity index (χ4n) is 1.43. The van der Waals surface area contributed by atoms with Gasteiger partial charge in [-0.1, -0.05) is 0 Å². The van der Waals surface area contributed by atoms with E-state index >= 15 is 0 Å². The van der Waals surface area contributed by atoms with Crippen LogP contribution in [0.4, 0.5) is 5.69 Å². The van der Waals surface area contributed by atoms with Crippen molar-refractivity contribution in [1.82, 2.24) is 0 Å². The molecule has 0 aliphatic heterocycles. The zero-order valence-corrected chi connectivity index (χ0v) is 7.89. The summed E-state index contributed by atoms with van der Waals surface area (Å²) in [5, 5.41) is 11.2. The van der Waals surface area contributed by atoms with E-state index in [0.717, 1.165) is 5.56 Å². The molecule has 5 nitrogen and oxygen atoms in total. The number of hydrogen-bond donors (Lipinski definition) is 0. The first-order chi connectivity index (χ1) is 7.08. The van der Waals surface area contributed by atoms with E-state index < -0.39 is 10.5 Å². The van der Waals surface area contributed by atoms with Crippen LogP contribution in [-0.4, -0.2) is 4.92 Å². The predicted octanol–water partition coefficient (Wildman–Crippen LogP) is 2.01. The molecule has 0 saturated carbocycles. The Morgan fingerprint density at radius 1 is 1.33 bits per heavy atom. The highest BCUT2D eigenvalue weighted by Crippen LogP contribution is 2.21. The standard InChI is InChI=1S/C10H7NO4/c1-6-4-10(12)15-9-5-7(11(13)14)2-3-8(6)9/h2-5H,1H3. The summed E-state index contributed by atoms with van der Waals surface area (Å²) in [6.07, 6.45) is 0. The van der Waals surface area contributed by atoms with Crippen LogP contribution >= 0.6 is 0 Å². The average molecular weight is 205 g/mol. The summed E-state index contributed by atoms with van der Waals surface area (Å²) in [6, 6.07) is 5.57. The molecule has 0 atom stereocenters. The highest BCUT2D eigenvalue weighted by atomic mass is 16.6. The summed E-state index contributed by atoms with van der Waals surface area (Å²) >= 11 is 0. The second kappa shape index (κ2) is 3.20. The van der Waals surface area contributed by atoms with Crippen molar-refractivity contribution in [3.63, 3.8) is 0 Å². The molecule has 0 radical (unpaired) electrons. The topological polar surface area (TPSA) is 73.3 Å². The number of nitro groups is 1. The van der Waals surface area contributed by atoms with Crippen molar-refractivity contribution in [3.8, 4) is 0 Å². The van der Waals surface area contributed by atoms with Crippen molar-refractivity contribution in [1.29, 1.82) is 0 Å². The molecule has 2 aromatic rings. The minimum atomic E-state index is -0.526. The van der Waals surface area contributed by atoms with Crippen molar-refractivity contribution >= 4 is 16.7 Å². The minimum absolute atomic E-state index is 0.0868. The van der Waals surface area contributed by atoms with Crippen LogP contribution in [0.5, 0.6) is 0 Å². The molecule has 2 rings (SSSR count). The first-order valence-corrected chi connectivity index (χ1v) is 4.27. The van der Waals surface area contributed by atoms with Crippen LogP contribution in [0.2, 0.25) is 0 Å². The van der Waals surface area contributed by atoms with Gasteiger partial charge in [0.15, 0.2) is 0 Å². The molecule has 0 N–H and O–H groups in total. The Bertz CT molecular complexity index is 600. The largest absolute Gasteiger partial charge is 0.422 e. The molecule has 1 aromatic heterocycles. The van der Waals surface area contributed by atoms with Gasteiger partial charge in [-0.3, -0.25) is 10.1 Å². The summed E-state index contributed by atoms with van der Waals surface area (Å²) < 4.78 is 4.87. The third-order valence-corrected chi connectivity index (χ3v) is 2.15. The molecule has 5 heteroatoms. The van der Waals surface area contributed by atoms with Gasteiger partial charge in [-0.05, 0) is 18.6 Å². The van der Waals surface area contributed by atoms with Crippen LogP contribution in [0.25, 0.3) is 11.0 Å². The van der Waals surface area contributed by atoms with Crippen LogP contribution in [0.1, 0.15) is 5.56 Å². The number of non-ortho nitro benzene ring substituents is 1. The Morgan fingerprint density at radius 3 is 2.73 bits per heavy atom. The van der Waals surface area contributed by atoms with Crippen LogP contribution in [0, 0.1) is 17.0 Å². The van der Waals surface area contributed by atoms with Crippen LogP contribution < -0.4 is 5.63 Å². The smallest absolute Gasteiger partial charge is 0.336 e. The van der Waals surface area contributed by atoms with Crippen LogP contribution in [-0.2, 0) is 0 Å². The minimum Gasteiger partial charge on any atom is -0.422 e. The van der Waals surface area contributed by atoms with Gasteiger partial charge in [0.25, 0.3) is 5.69 Å². The van der Waals surface area contributed by atoms with Crippen molar-refractivity contribution in [2.75, 3.05) is 0 Å². The molecule has 15 heavy (non-hydrogen) atoms. The highest BCUT2D eigenvalue weighted by molar-refractivity contribution is 5.81. The summed E-state index contributed by atoms with van der Waals surface area (Å²) in [5.74, 6) is 0. The molecule has 0 fully saturated rings. The van der Waals surface area contributed by atoms with Crippen molar-refractivity contribution in [3.05, 3.63) is 50.4 Å². The van der Waals surface area contributed by atoms with Gasteiger partial charge in [0, 0.05) is 17.5 Å². The molecular weight excluding hydrogens is 198 g/mol. The second-order valence-corrected chi connectivity index (χ2v) is 3.19. The normalized spacial score (nSPS) is 10.5. The lowest BCUT2D eigenvalue weighted by molar-refractivity contribution is -0.384. The van der Waals surface area contributed by atoms with Gasteiger partial charge in [0.05, 0.1) is 11.0 Å². The molecule has 0 aliphatic carbocycles. The SMILES string of the molecule is Cc1cc(=O)oc2cc([N+](=O)[O-])ccc12. The lowest BCUT2D eigenvalue weighted by Crippen LogP contribution is -1.98. The van der Waals surface area contributed by atoms with E-state index in [0.29, 0.717) is 5.39 Å². The average Bonchev–Trinajstić information content (AvgIpc) is 2.16. The number of nitro benzene ring substituents is 1. The van der Waals surface area contributed by atoms with Gasteiger partial charge in [-0.25, -0.2) is 4.79 Å². The van der Waals surface area contributed by atoms with E-state index in [1.165, 1.54) is 18.2 Å². The van der Waals surface area contributed by atoms with E-state index in [9.17, 15) is 14.9 Å². The van der Waals surface area contributed by atoms with Crippen molar-refractivity contribution < 1.29 is 9.34 Å². The van der Waals surface area contributed by atoms with Crippen molar-refractivity contribution in [2.24, 2.45) is 0 Å².